The fourth-order valence-electron chi connectivity index (χ4n) is 2.11. The molecule has 2 aromatic heterocycles. The second-order valence-corrected chi connectivity index (χ2v) is 5.61. The Morgan fingerprint density at radius 3 is 2.78 bits per heavy atom. The second-order valence-electron chi connectivity index (χ2n) is 5.61. The molecule has 0 saturated carbocycles. The molecule has 0 spiro atoms. The molecule has 0 aliphatic rings. The molecule has 0 atom stereocenters. The maximum Gasteiger partial charge on any atom is 0.471 e. The van der Waals surface area contributed by atoms with Crippen molar-refractivity contribution in [2.24, 2.45) is 4.99 Å². The number of aromatic nitrogens is 3. The van der Waals surface area contributed by atoms with Gasteiger partial charge in [-0.2, -0.15) is 18.2 Å². The molecule has 2 N–H and O–H groups in total. The first-order chi connectivity index (χ1) is 12.6. The first-order valence-electron chi connectivity index (χ1n) is 7.81. The number of aryl methyl sites for hydroxylation is 1. The molecule has 144 valence electrons. The van der Waals surface area contributed by atoms with Gasteiger partial charge in [0.15, 0.2) is 5.65 Å². The van der Waals surface area contributed by atoms with Gasteiger partial charge >= 0.3 is 12.1 Å². The van der Waals surface area contributed by atoms with E-state index in [1.165, 1.54) is 6.34 Å². The van der Waals surface area contributed by atoms with Crippen molar-refractivity contribution >= 4 is 29.2 Å². The van der Waals surface area contributed by atoms with Crippen molar-refractivity contribution in [3.8, 4) is 11.8 Å². The monoisotopic (exact) mass is 382 g/mol. The highest BCUT2D eigenvalue weighted by molar-refractivity contribution is 5.84. The summed E-state index contributed by atoms with van der Waals surface area (Å²) in [6.45, 7) is 1.83. The molecule has 0 aliphatic heterocycles. The van der Waals surface area contributed by atoms with Gasteiger partial charge in [0.2, 0.25) is 5.95 Å². The zero-order valence-corrected chi connectivity index (χ0v) is 14.8. The van der Waals surface area contributed by atoms with E-state index in [1.54, 1.807) is 35.1 Å². The van der Waals surface area contributed by atoms with Crippen LogP contribution >= 0.6 is 0 Å². The van der Waals surface area contributed by atoms with Gasteiger partial charge in [-0.05, 0) is 6.92 Å². The van der Waals surface area contributed by atoms with Gasteiger partial charge in [-0.15, -0.1) is 0 Å². The molecule has 2 aromatic rings. The topological polar surface area (TPSA) is 95.4 Å². The molecule has 0 bridgehead atoms. The average Bonchev–Trinajstić information content (AvgIpc) is 2.94. The number of nitrogens with zero attached hydrogens (tertiary/aromatic N) is 4. The normalized spacial score (nSPS) is 11.5. The highest BCUT2D eigenvalue weighted by atomic mass is 19.4. The molecule has 0 fully saturated rings. The Bertz CT molecular complexity index is 992. The molecule has 0 saturated heterocycles. The molecule has 8 nitrogen and oxygen atoms in total. The van der Waals surface area contributed by atoms with Gasteiger partial charge in [0.1, 0.15) is 0 Å². The van der Waals surface area contributed by atoms with Crippen LogP contribution in [0.5, 0.6) is 0 Å². The lowest BCUT2D eigenvalue weighted by molar-refractivity contribution is -0.173. The van der Waals surface area contributed by atoms with E-state index in [0.717, 1.165) is 0 Å². The van der Waals surface area contributed by atoms with E-state index in [4.69, 9.17) is 0 Å². The van der Waals surface area contributed by atoms with Gasteiger partial charge < -0.3 is 14.8 Å². The zero-order chi connectivity index (χ0) is 20.2. The average molecular weight is 382 g/mol. The molecule has 11 heteroatoms. The summed E-state index contributed by atoms with van der Waals surface area (Å²) in [7, 11) is 3.53. The minimum atomic E-state index is -4.97. The first kappa shape index (κ1) is 20.0. The third kappa shape index (κ3) is 4.87. The molecule has 0 aliphatic carbocycles. The first-order valence-corrected chi connectivity index (χ1v) is 7.81. The van der Waals surface area contributed by atoms with Crippen molar-refractivity contribution in [2.75, 3.05) is 20.6 Å². The number of nitrogens with one attached hydrogen (secondary N) is 2. The number of hydrogen-bond donors (Lipinski definition) is 2. The summed E-state index contributed by atoms with van der Waals surface area (Å²) in [4.78, 5) is 35.7. The number of carbonyl (C=O) groups is 1. The lowest BCUT2D eigenvalue weighted by Gasteiger charge is -2.03. The standard InChI is InChI=1S/C16H17F3N6O2/c1-4-25-8-10(6-5-7-20-14(27)16(17,18)19)11-12(25)22-15(23-13(11)26)21-9-24(2)3/h8-9H,4,7H2,1-3H3,(H,20,27)(H,22,23,26)/b21-9-. The van der Waals surface area contributed by atoms with E-state index >= 15 is 0 Å². The molecular formula is C16H17F3N6O2. The van der Waals surface area contributed by atoms with Crippen LogP contribution in [-0.4, -0.2) is 58.5 Å². The van der Waals surface area contributed by atoms with Gasteiger partial charge in [-0.25, -0.2) is 4.99 Å². The minimum absolute atomic E-state index is 0.117. The molecule has 0 radical (unpaired) electrons. The number of carbonyl (C=O) groups excluding carboxylic acids is 1. The summed E-state index contributed by atoms with van der Waals surface area (Å²) < 4.78 is 38.1. The molecule has 2 rings (SSSR count). The summed E-state index contributed by atoms with van der Waals surface area (Å²) in [6.07, 6.45) is -1.91. The van der Waals surface area contributed by atoms with Crippen LogP contribution in [0.15, 0.2) is 16.0 Å². The number of fused-ring (bicyclic) bond motifs is 1. The van der Waals surface area contributed by atoms with Gasteiger partial charge in [0.25, 0.3) is 5.56 Å². The summed E-state index contributed by atoms with van der Waals surface area (Å²) in [5.41, 5.74) is 0.183. The Balaban J connectivity index is 2.35. The maximum atomic E-state index is 12.4. The number of H-pyrrole nitrogens is 1. The van der Waals surface area contributed by atoms with Crippen LogP contribution in [0.4, 0.5) is 19.1 Å². The Morgan fingerprint density at radius 2 is 2.19 bits per heavy atom. The Hall–Kier alpha value is -3.29. The second kappa shape index (κ2) is 7.94. The smallest absolute Gasteiger partial charge is 0.369 e. The molecule has 2 heterocycles. The number of amides is 1. The van der Waals surface area contributed by atoms with E-state index in [9.17, 15) is 22.8 Å². The van der Waals surface area contributed by atoms with Crippen LogP contribution < -0.4 is 10.9 Å². The molecule has 0 aromatic carbocycles. The van der Waals surface area contributed by atoms with Crippen LogP contribution in [-0.2, 0) is 11.3 Å². The van der Waals surface area contributed by atoms with Crippen molar-refractivity contribution in [2.45, 2.75) is 19.6 Å². The van der Waals surface area contributed by atoms with E-state index in [2.05, 4.69) is 26.8 Å². The van der Waals surface area contributed by atoms with E-state index in [-0.39, 0.29) is 11.3 Å². The fourth-order valence-corrected chi connectivity index (χ4v) is 2.11. The third-order valence-corrected chi connectivity index (χ3v) is 3.28. The number of alkyl halides is 3. The molecule has 0 unspecified atom stereocenters. The number of aliphatic imine (C=N–C) groups is 1. The summed E-state index contributed by atoms with van der Waals surface area (Å²) in [6, 6.07) is 0. The highest BCUT2D eigenvalue weighted by Crippen LogP contribution is 2.17. The summed E-state index contributed by atoms with van der Waals surface area (Å²) >= 11 is 0. The van der Waals surface area contributed by atoms with Gasteiger partial charge in [-0.3, -0.25) is 14.6 Å². The van der Waals surface area contributed by atoms with E-state index in [0.29, 0.717) is 17.8 Å². The number of rotatable bonds is 4. The summed E-state index contributed by atoms with van der Waals surface area (Å²) in [5.74, 6) is 3.05. The van der Waals surface area contributed by atoms with Crippen molar-refractivity contribution in [3.63, 3.8) is 0 Å². The van der Waals surface area contributed by atoms with Gasteiger partial charge in [0.05, 0.1) is 23.8 Å². The lowest BCUT2D eigenvalue weighted by atomic mass is 10.2. The quantitative estimate of drug-likeness (QED) is 0.469. The van der Waals surface area contributed by atoms with E-state index < -0.39 is 24.2 Å². The predicted molar refractivity (Wildman–Crippen MR) is 93.8 cm³/mol. The largest absolute Gasteiger partial charge is 0.471 e. The summed E-state index contributed by atoms with van der Waals surface area (Å²) in [5, 5.41) is 1.85. The van der Waals surface area contributed by atoms with Crippen LogP contribution in [0, 0.1) is 11.8 Å². The van der Waals surface area contributed by atoms with E-state index in [1.807, 2.05) is 6.92 Å². The predicted octanol–water partition coefficient (Wildman–Crippen LogP) is 0.996. The van der Waals surface area contributed by atoms with Crippen molar-refractivity contribution in [1.29, 1.82) is 0 Å². The number of aromatic amines is 1. The van der Waals surface area contributed by atoms with Crippen LogP contribution in [0.3, 0.4) is 0 Å². The Morgan fingerprint density at radius 1 is 1.48 bits per heavy atom. The molecule has 27 heavy (non-hydrogen) atoms. The van der Waals surface area contributed by atoms with Crippen molar-refractivity contribution in [1.82, 2.24) is 24.8 Å². The van der Waals surface area contributed by atoms with Gasteiger partial charge in [-0.1, -0.05) is 11.8 Å². The van der Waals surface area contributed by atoms with Crippen LogP contribution in [0.1, 0.15) is 12.5 Å². The lowest BCUT2D eigenvalue weighted by Crippen LogP contribution is -2.36. The number of hydrogen-bond acceptors (Lipinski definition) is 4. The van der Waals surface area contributed by atoms with Crippen LogP contribution in [0.25, 0.3) is 11.0 Å². The van der Waals surface area contributed by atoms with Crippen molar-refractivity contribution < 1.29 is 18.0 Å². The number of halogens is 3. The zero-order valence-electron chi connectivity index (χ0n) is 14.8. The molecule has 1 amide bonds. The third-order valence-electron chi connectivity index (χ3n) is 3.28. The molecular weight excluding hydrogens is 365 g/mol. The minimum Gasteiger partial charge on any atom is -0.369 e. The Labute approximate surface area is 152 Å². The SMILES string of the molecule is CCn1cc(C#CCNC(=O)C(F)(F)F)c2c(=O)[nH]c(/N=C\N(C)C)nc21. The van der Waals surface area contributed by atoms with Crippen LogP contribution in [0.2, 0.25) is 0 Å². The fraction of sp³-hybridized carbons (Fsp3) is 0.375. The Kier molecular flexibility index (Phi) is 5.89. The van der Waals surface area contributed by atoms with Gasteiger partial charge in [0, 0.05) is 26.8 Å². The van der Waals surface area contributed by atoms with Crippen molar-refractivity contribution in [3.05, 3.63) is 22.1 Å². The highest BCUT2D eigenvalue weighted by Gasteiger charge is 2.38. The maximum absolute atomic E-state index is 12.4.